The molecule has 0 aliphatic carbocycles. The zero-order valence-electron chi connectivity index (χ0n) is 10.2. The predicted molar refractivity (Wildman–Crippen MR) is 67.5 cm³/mol. The topological polar surface area (TPSA) is 232 Å². The molecule has 0 unspecified atom stereocenters. The van der Waals surface area contributed by atoms with Crippen molar-refractivity contribution in [3.8, 4) is 17.2 Å². The summed E-state index contributed by atoms with van der Waals surface area (Å²) < 4.78 is 36.4. The van der Waals surface area contributed by atoms with Crippen molar-refractivity contribution in [1.82, 2.24) is 0 Å². The molecule has 0 saturated heterocycles. The molecule has 8 N–H and O–H groups in total. The summed E-state index contributed by atoms with van der Waals surface area (Å²) in [5.74, 6) is -1.09. The molecule has 22 heavy (non-hydrogen) atoms. The van der Waals surface area contributed by atoms with Gasteiger partial charge in [0.2, 0.25) is 0 Å². The Morgan fingerprint density at radius 1 is 0.727 bits per heavy atom. The highest BCUT2D eigenvalue weighted by Crippen LogP contribution is 2.64. The molecule has 0 bridgehead atoms. The van der Waals surface area contributed by atoms with E-state index < -0.39 is 29.2 Å². The maximum Gasteiger partial charge on any atom is 0.490 e. The van der Waals surface area contributed by atoms with Gasteiger partial charge in [0, 0.05) is 0 Å². The summed E-state index contributed by atoms with van der Waals surface area (Å²) in [5, 5.41) is 26.1. The minimum Gasteiger partial charge on any atom is -0.504 e. The summed E-state index contributed by atoms with van der Waals surface area (Å²) in [6.45, 7) is 0. The second-order valence-electron chi connectivity index (χ2n) is 3.26. The molecular formula is C6H11O13P3. The molecule has 0 aliphatic rings. The van der Waals surface area contributed by atoms with E-state index in [0.717, 1.165) is 0 Å². The van der Waals surface area contributed by atoms with Crippen LogP contribution in [0.2, 0.25) is 0 Å². The number of phenolic OH excluding ortho intramolecular Hbond substituents is 3. The zero-order chi connectivity index (χ0) is 17.8. The van der Waals surface area contributed by atoms with Crippen molar-refractivity contribution in [2.75, 3.05) is 0 Å². The Morgan fingerprint density at radius 3 is 1.27 bits per heavy atom. The van der Waals surface area contributed by atoms with Gasteiger partial charge in [0.15, 0.2) is 17.2 Å². The number of aromatic hydroxyl groups is 3. The van der Waals surface area contributed by atoms with Gasteiger partial charge in [-0.15, -0.1) is 0 Å². The molecule has 128 valence electrons. The molecule has 1 aromatic carbocycles. The van der Waals surface area contributed by atoms with Crippen molar-refractivity contribution in [2.24, 2.45) is 0 Å². The highest BCUT2D eigenvalue weighted by molar-refractivity contribution is 7.66. The molecule has 0 radical (unpaired) electrons. The number of rotatable bonds is 4. The zero-order valence-corrected chi connectivity index (χ0v) is 12.9. The van der Waals surface area contributed by atoms with Crippen LogP contribution in [0.25, 0.3) is 0 Å². The molecule has 16 heteroatoms. The summed E-state index contributed by atoms with van der Waals surface area (Å²) >= 11 is 0. The van der Waals surface area contributed by atoms with Gasteiger partial charge in [0.25, 0.3) is 0 Å². The van der Waals surface area contributed by atoms with Crippen molar-refractivity contribution in [1.29, 1.82) is 0 Å². The van der Waals surface area contributed by atoms with Crippen molar-refractivity contribution >= 4 is 23.5 Å². The Bertz CT molecular complexity index is 595. The summed E-state index contributed by atoms with van der Waals surface area (Å²) in [6, 6.07) is 4.01. The van der Waals surface area contributed by atoms with E-state index >= 15 is 0 Å². The van der Waals surface area contributed by atoms with E-state index in [1.807, 2.05) is 0 Å². The van der Waals surface area contributed by atoms with Crippen molar-refractivity contribution in [3.05, 3.63) is 18.2 Å². The monoisotopic (exact) mass is 384 g/mol. The van der Waals surface area contributed by atoms with Crippen LogP contribution in [0.1, 0.15) is 0 Å². The fourth-order valence-electron chi connectivity index (χ4n) is 0.803. The first-order valence-electron chi connectivity index (χ1n) is 4.69. The first kappa shape index (κ1) is 21.0. The first-order valence-corrected chi connectivity index (χ1v) is 9.25. The lowest BCUT2D eigenvalue weighted by Crippen LogP contribution is -1.91. The molecule has 0 saturated carbocycles. The molecule has 13 nitrogen and oxygen atoms in total. The second-order valence-corrected chi connectivity index (χ2v) is 7.46. The number of benzene rings is 1. The Hall–Kier alpha value is -0.970. The average molecular weight is 384 g/mol. The highest BCUT2D eigenvalue weighted by Gasteiger charge is 2.38. The smallest absolute Gasteiger partial charge is 0.490 e. The SMILES string of the molecule is O=P(O)(O)OP(=O)(O)OP(=O)(O)O.Oc1cccc(O)c1O. The van der Waals surface area contributed by atoms with Gasteiger partial charge in [-0.25, -0.2) is 13.7 Å². The Balaban J connectivity index is 0.000000425. The quantitative estimate of drug-likeness (QED) is 0.255. The molecular weight excluding hydrogens is 373 g/mol. The standard InChI is InChI=1S/C6H6O3.H5O10P3/c7-4-2-1-3-5(8)6(4)9;1-11(2,3)9-13(7,8)10-12(4,5)6/h1-3,7-9H;(H,7,8)(H2,1,2,3)(H2,4,5,6). The molecule has 0 atom stereocenters. The third-order valence-electron chi connectivity index (χ3n) is 1.41. The molecule has 0 heterocycles. The van der Waals surface area contributed by atoms with Crippen LogP contribution >= 0.6 is 23.5 Å². The van der Waals surface area contributed by atoms with Crippen LogP contribution in [-0.4, -0.2) is 39.8 Å². The van der Waals surface area contributed by atoms with Gasteiger partial charge in [0.05, 0.1) is 0 Å². The van der Waals surface area contributed by atoms with Gasteiger partial charge in [-0.05, 0) is 12.1 Å². The van der Waals surface area contributed by atoms with Crippen LogP contribution in [0.15, 0.2) is 18.2 Å². The number of hydrogen-bond acceptors (Lipinski definition) is 8. The van der Waals surface area contributed by atoms with Crippen LogP contribution in [0.4, 0.5) is 0 Å². The van der Waals surface area contributed by atoms with E-state index in [1.165, 1.54) is 18.2 Å². The summed E-state index contributed by atoms with van der Waals surface area (Å²) in [4.78, 5) is 40.2. The maximum atomic E-state index is 10.4. The highest BCUT2D eigenvalue weighted by atomic mass is 31.3. The normalized spacial score (nSPS) is 12.4. The molecule has 0 aliphatic heterocycles. The van der Waals surface area contributed by atoms with Gasteiger partial charge >= 0.3 is 23.5 Å². The summed E-state index contributed by atoms with van der Waals surface area (Å²) in [5.41, 5.74) is 0. The van der Waals surface area contributed by atoms with Crippen LogP contribution < -0.4 is 0 Å². The van der Waals surface area contributed by atoms with Gasteiger partial charge in [0.1, 0.15) is 0 Å². The molecule has 1 aromatic rings. The summed E-state index contributed by atoms with van der Waals surface area (Å²) in [6.07, 6.45) is 0. The third kappa shape index (κ3) is 9.87. The van der Waals surface area contributed by atoms with E-state index in [0.29, 0.717) is 0 Å². The lowest BCUT2D eigenvalue weighted by molar-refractivity contribution is 0.204. The van der Waals surface area contributed by atoms with E-state index in [-0.39, 0.29) is 11.5 Å². The largest absolute Gasteiger partial charge is 0.504 e. The van der Waals surface area contributed by atoms with Crippen LogP contribution in [-0.2, 0) is 22.3 Å². The second kappa shape index (κ2) is 7.53. The first-order chi connectivity index (χ1) is 9.63. The van der Waals surface area contributed by atoms with Crippen molar-refractivity contribution < 1.29 is 62.1 Å². The molecule has 1 rings (SSSR count). The number of phosphoric acid groups is 3. The van der Waals surface area contributed by atoms with Crippen LogP contribution in [0, 0.1) is 0 Å². The minimum atomic E-state index is -5.46. The van der Waals surface area contributed by atoms with Crippen LogP contribution in [0.5, 0.6) is 17.2 Å². The predicted octanol–water partition coefficient (Wildman–Crippen LogP) is 0.109. The van der Waals surface area contributed by atoms with E-state index in [4.69, 9.17) is 39.8 Å². The number of phenols is 3. The molecule has 0 fully saturated rings. The van der Waals surface area contributed by atoms with Gasteiger partial charge in [-0.2, -0.15) is 8.62 Å². The molecule has 0 spiro atoms. The van der Waals surface area contributed by atoms with E-state index in [2.05, 4.69) is 8.62 Å². The average Bonchev–Trinajstić information content (AvgIpc) is 2.19. The number of para-hydroxylation sites is 1. The molecule has 0 amide bonds. The Morgan fingerprint density at radius 2 is 1.05 bits per heavy atom. The van der Waals surface area contributed by atoms with Gasteiger partial charge < -0.3 is 39.8 Å². The lowest BCUT2D eigenvalue weighted by Gasteiger charge is -2.11. The number of hydrogen-bond donors (Lipinski definition) is 8. The van der Waals surface area contributed by atoms with E-state index in [9.17, 15) is 13.7 Å². The lowest BCUT2D eigenvalue weighted by atomic mass is 10.3. The Kier molecular flexibility index (Phi) is 7.20. The Labute approximate surface area is 122 Å². The fourth-order valence-corrected chi connectivity index (χ4v) is 3.34. The van der Waals surface area contributed by atoms with Crippen molar-refractivity contribution in [2.45, 2.75) is 0 Å². The summed E-state index contributed by atoms with van der Waals surface area (Å²) in [7, 11) is -16.2. The van der Waals surface area contributed by atoms with E-state index in [1.54, 1.807) is 0 Å². The minimum absolute atomic E-state index is 0.310. The fraction of sp³-hybridized carbons (Fsp3) is 0. The van der Waals surface area contributed by atoms with Crippen LogP contribution in [0.3, 0.4) is 0 Å². The maximum absolute atomic E-state index is 10.4. The van der Waals surface area contributed by atoms with Gasteiger partial charge in [-0.1, -0.05) is 6.07 Å². The van der Waals surface area contributed by atoms with Gasteiger partial charge in [-0.3, -0.25) is 0 Å². The third-order valence-corrected chi connectivity index (χ3v) is 4.77. The molecule has 0 aromatic heterocycles. The van der Waals surface area contributed by atoms with Crippen molar-refractivity contribution in [3.63, 3.8) is 0 Å².